The summed E-state index contributed by atoms with van der Waals surface area (Å²) in [5, 5.41) is 15.3. The number of nitrogens with one attached hydrogen (secondary N) is 2. The summed E-state index contributed by atoms with van der Waals surface area (Å²) in [5.41, 5.74) is 2.07. The Bertz CT molecular complexity index is 919. The zero-order chi connectivity index (χ0) is 30.4. The number of carboxylic acids is 1. The van der Waals surface area contributed by atoms with E-state index in [9.17, 15) is 14.4 Å². The molecular formula is C35H58N2O5. The van der Waals surface area contributed by atoms with Crippen molar-refractivity contribution >= 4 is 23.5 Å². The zero-order valence-electron chi connectivity index (χ0n) is 26.5. The van der Waals surface area contributed by atoms with Gasteiger partial charge in [0, 0.05) is 30.6 Å². The summed E-state index contributed by atoms with van der Waals surface area (Å²) in [6.45, 7) is 5.00. The number of amides is 1. The van der Waals surface area contributed by atoms with Crippen molar-refractivity contribution in [2.45, 2.75) is 161 Å². The number of unbranched alkanes of at least 4 members (excludes halogenated alkanes) is 16. The van der Waals surface area contributed by atoms with Gasteiger partial charge in [-0.15, -0.1) is 0 Å². The molecule has 1 aromatic carbocycles. The van der Waals surface area contributed by atoms with E-state index in [1.807, 2.05) is 12.1 Å². The normalized spacial score (nSPS) is 15.7. The second-order valence-electron chi connectivity index (χ2n) is 12.2. The van der Waals surface area contributed by atoms with Gasteiger partial charge in [0.05, 0.1) is 12.8 Å². The number of hydrogen-bond acceptors (Lipinski definition) is 5. The van der Waals surface area contributed by atoms with Crippen molar-refractivity contribution in [1.82, 2.24) is 5.32 Å². The van der Waals surface area contributed by atoms with E-state index in [4.69, 9.17) is 9.84 Å². The second kappa shape index (κ2) is 22.0. The molecule has 0 bridgehead atoms. The third-order valence-electron chi connectivity index (χ3n) is 8.47. The predicted molar refractivity (Wildman–Crippen MR) is 171 cm³/mol. The minimum absolute atomic E-state index is 0.121. The number of fused-ring (bicyclic) bond motifs is 1. The molecule has 0 radical (unpaired) electrons. The molecule has 2 unspecified atom stereocenters. The van der Waals surface area contributed by atoms with Crippen molar-refractivity contribution < 1.29 is 24.2 Å². The molecule has 1 aliphatic heterocycles. The Morgan fingerprint density at radius 1 is 0.786 bits per heavy atom. The molecule has 42 heavy (non-hydrogen) atoms. The van der Waals surface area contributed by atoms with Crippen molar-refractivity contribution in [1.29, 1.82) is 0 Å². The molecule has 1 aliphatic rings. The van der Waals surface area contributed by atoms with Gasteiger partial charge < -0.3 is 20.5 Å². The Morgan fingerprint density at radius 2 is 1.33 bits per heavy atom. The highest BCUT2D eigenvalue weighted by molar-refractivity contribution is 5.78. The molecule has 1 amide bonds. The van der Waals surface area contributed by atoms with E-state index < -0.39 is 11.9 Å². The Hall–Kier alpha value is -2.57. The smallest absolute Gasteiger partial charge is 0.311 e. The molecule has 0 aromatic heterocycles. The average molecular weight is 587 g/mol. The van der Waals surface area contributed by atoms with Crippen molar-refractivity contribution in [2.24, 2.45) is 0 Å². The van der Waals surface area contributed by atoms with Crippen LogP contribution in [0.15, 0.2) is 18.2 Å². The minimum Gasteiger partial charge on any atom is -0.481 e. The van der Waals surface area contributed by atoms with Crippen LogP contribution < -0.4 is 15.4 Å². The summed E-state index contributed by atoms with van der Waals surface area (Å²) < 4.78 is 5.34. The van der Waals surface area contributed by atoms with Crippen LogP contribution in [0.25, 0.3) is 0 Å². The summed E-state index contributed by atoms with van der Waals surface area (Å²) in [6, 6.07) is 5.68. The molecule has 0 aliphatic carbocycles. The lowest BCUT2D eigenvalue weighted by atomic mass is 9.92. The van der Waals surface area contributed by atoms with Gasteiger partial charge >= 0.3 is 11.9 Å². The fraction of sp³-hybridized carbons (Fsp3) is 0.743. The Morgan fingerprint density at radius 3 is 1.88 bits per heavy atom. The first kappa shape index (κ1) is 35.6. The number of benzene rings is 1. The summed E-state index contributed by atoms with van der Waals surface area (Å²) in [4.78, 5) is 35.0. The first-order valence-corrected chi connectivity index (χ1v) is 17.0. The Balaban J connectivity index is 1.47. The molecule has 238 valence electrons. The number of aliphatic carboxylic acids is 1. The molecule has 7 heteroatoms. The summed E-state index contributed by atoms with van der Waals surface area (Å²) in [7, 11) is 0. The van der Waals surface area contributed by atoms with Gasteiger partial charge in [-0.25, -0.2) is 0 Å². The van der Waals surface area contributed by atoms with Crippen LogP contribution in [0.1, 0.15) is 160 Å². The standard InChI is InChI=1S/C35H58N2O5/c1-3-4-5-6-7-8-9-10-11-12-13-14-15-16-17-18-19-20-33(38)36-26-25-30-28(2)37-32-22-21-29(27-31(30)32)42-35(41)24-23-34(39)40/h21-22,27-28,30,37H,3-20,23-26H2,1-2H3,(H,36,38)(H,39,40). The fourth-order valence-corrected chi connectivity index (χ4v) is 5.92. The highest BCUT2D eigenvalue weighted by atomic mass is 16.5. The van der Waals surface area contributed by atoms with Gasteiger partial charge in [0.15, 0.2) is 0 Å². The van der Waals surface area contributed by atoms with Gasteiger partial charge in [0.2, 0.25) is 5.91 Å². The maximum absolute atomic E-state index is 12.4. The van der Waals surface area contributed by atoms with E-state index >= 15 is 0 Å². The van der Waals surface area contributed by atoms with E-state index in [2.05, 4.69) is 24.5 Å². The third kappa shape index (κ3) is 15.6. The van der Waals surface area contributed by atoms with Crippen molar-refractivity contribution in [3.05, 3.63) is 23.8 Å². The quantitative estimate of drug-likeness (QED) is 0.0600. The monoisotopic (exact) mass is 586 g/mol. The number of rotatable bonds is 25. The van der Waals surface area contributed by atoms with Gasteiger partial charge in [-0.2, -0.15) is 0 Å². The Kier molecular flexibility index (Phi) is 18.7. The van der Waals surface area contributed by atoms with Crippen LogP contribution in [-0.4, -0.2) is 35.5 Å². The van der Waals surface area contributed by atoms with Gasteiger partial charge in [0.25, 0.3) is 0 Å². The van der Waals surface area contributed by atoms with E-state index in [1.54, 1.807) is 6.07 Å². The van der Waals surface area contributed by atoms with Crippen molar-refractivity contribution in [2.75, 3.05) is 11.9 Å². The lowest BCUT2D eigenvalue weighted by Crippen LogP contribution is -2.27. The molecule has 2 atom stereocenters. The van der Waals surface area contributed by atoms with Crippen LogP contribution in [0, 0.1) is 0 Å². The van der Waals surface area contributed by atoms with Crippen LogP contribution >= 0.6 is 0 Å². The van der Waals surface area contributed by atoms with E-state index in [-0.39, 0.29) is 30.7 Å². The fourth-order valence-electron chi connectivity index (χ4n) is 5.92. The number of carbonyl (C=O) groups excluding carboxylic acids is 2. The number of anilines is 1. The lowest BCUT2D eigenvalue weighted by molar-refractivity contribution is -0.142. The molecule has 3 N–H and O–H groups in total. The highest BCUT2D eigenvalue weighted by Crippen LogP contribution is 2.39. The van der Waals surface area contributed by atoms with Crippen LogP contribution in [0.5, 0.6) is 5.75 Å². The highest BCUT2D eigenvalue weighted by Gasteiger charge is 2.29. The number of hydrogen-bond donors (Lipinski definition) is 3. The average Bonchev–Trinajstić information content (AvgIpc) is 3.27. The van der Waals surface area contributed by atoms with Crippen LogP contribution in [0.2, 0.25) is 0 Å². The molecule has 7 nitrogen and oxygen atoms in total. The number of carboxylic acid groups (broad SMARTS) is 1. The Labute approximate surface area is 255 Å². The largest absolute Gasteiger partial charge is 0.481 e. The van der Waals surface area contributed by atoms with E-state index in [1.165, 1.54) is 96.3 Å². The van der Waals surface area contributed by atoms with Gasteiger partial charge in [0.1, 0.15) is 5.75 Å². The molecule has 0 fully saturated rings. The number of ether oxygens (including phenoxy) is 1. The van der Waals surface area contributed by atoms with Crippen molar-refractivity contribution in [3.63, 3.8) is 0 Å². The zero-order valence-corrected chi connectivity index (χ0v) is 26.5. The maximum atomic E-state index is 12.4. The van der Waals surface area contributed by atoms with Crippen LogP contribution in [0.4, 0.5) is 5.69 Å². The van der Waals surface area contributed by atoms with Crippen molar-refractivity contribution in [3.8, 4) is 5.75 Å². The minimum atomic E-state index is -1.02. The third-order valence-corrected chi connectivity index (χ3v) is 8.47. The molecule has 0 saturated heterocycles. The summed E-state index contributed by atoms with van der Waals surface area (Å²) >= 11 is 0. The van der Waals surface area contributed by atoms with Gasteiger partial charge in [-0.1, -0.05) is 110 Å². The molecular weight excluding hydrogens is 528 g/mol. The first-order valence-electron chi connectivity index (χ1n) is 17.0. The summed E-state index contributed by atoms with van der Waals surface area (Å²) in [6.07, 6.45) is 23.6. The van der Waals surface area contributed by atoms with E-state index in [0.29, 0.717) is 18.7 Å². The van der Waals surface area contributed by atoms with Gasteiger partial charge in [-0.3, -0.25) is 14.4 Å². The first-order chi connectivity index (χ1) is 20.4. The maximum Gasteiger partial charge on any atom is 0.311 e. The number of carbonyl (C=O) groups is 3. The molecule has 0 spiro atoms. The van der Waals surface area contributed by atoms with Crippen LogP contribution in [-0.2, 0) is 14.4 Å². The SMILES string of the molecule is CCCCCCCCCCCCCCCCCCCC(=O)NCCC1c2cc(OC(=O)CCC(=O)O)ccc2NC1C. The summed E-state index contributed by atoms with van der Waals surface area (Å²) in [5.74, 6) is -0.836. The molecule has 1 heterocycles. The topological polar surface area (TPSA) is 105 Å². The molecule has 1 aromatic rings. The molecule has 2 rings (SSSR count). The van der Waals surface area contributed by atoms with Gasteiger partial charge in [-0.05, 0) is 43.5 Å². The van der Waals surface area contributed by atoms with E-state index in [0.717, 1.165) is 30.5 Å². The molecule has 0 saturated carbocycles. The second-order valence-corrected chi connectivity index (χ2v) is 12.2. The van der Waals surface area contributed by atoms with Crippen LogP contribution in [0.3, 0.4) is 0 Å². The lowest BCUT2D eigenvalue weighted by Gasteiger charge is -2.17. The predicted octanol–water partition coefficient (Wildman–Crippen LogP) is 8.90. The number of esters is 1.